The fourth-order valence-corrected chi connectivity index (χ4v) is 3.32. The maximum atomic E-state index is 5.78. The minimum absolute atomic E-state index is 0.264. The molecule has 5 heteroatoms. The van der Waals surface area contributed by atoms with Gasteiger partial charge in [0.05, 0.1) is 4.47 Å². The fourth-order valence-electron chi connectivity index (χ4n) is 2.75. The van der Waals surface area contributed by atoms with Gasteiger partial charge in [-0.05, 0) is 54.0 Å². The number of H-pyrrole nitrogens is 1. The SMILES string of the molecule is COC1(c2nc(=S)c(Br)c(CC(C)C)[nH]2)CCCC1. The van der Waals surface area contributed by atoms with Crippen LogP contribution in [0.2, 0.25) is 0 Å². The molecule has 0 radical (unpaired) electrons. The van der Waals surface area contributed by atoms with Crippen molar-refractivity contribution in [3.05, 3.63) is 20.6 Å². The topological polar surface area (TPSA) is 37.9 Å². The molecule has 1 saturated carbocycles. The van der Waals surface area contributed by atoms with Crippen molar-refractivity contribution in [3.63, 3.8) is 0 Å². The van der Waals surface area contributed by atoms with Crippen LogP contribution < -0.4 is 0 Å². The van der Waals surface area contributed by atoms with Crippen LogP contribution in [0.4, 0.5) is 0 Å². The lowest BCUT2D eigenvalue weighted by Crippen LogP contribution is -2.28. The summed E-state index contributed by atoms with van der Waals surface area (Å²) in [5.74, 6) is 1.47. The van der Waals surface area contributed by atoms with Gasteiger partial charge in [0.15, 0.2) is 0 Å². The number of aromatic amines is 1. The second kappa shape index (κ2) is 6.02. The predicted molar refractivity (Wildman–Crippen MR) is 82.8 cm³/mol. The van der Waals surface area contributed by atoms with Gasteiger partial charge in [-0.3, -0.25) is 0 Å². The number of hydrogen-bond donors (Lipinski definition) is 1. The molecule has 1 aliphatic rings. The van der Waals surface area contributed by atoms with Gasteiger partial charge in [0, 0.05) is 12.8 Å². The van der Waals surface area contributed by atoms with E-state index in [4.69, 9.17) is 17.0 Å². The first-order chi connectivity index (χ1) is 8.98. The summed E-state index contributed by atoms with van der Waals surface area (Å²) in [6.45, 7) is 4.40. The average molecular weight is 345 g/mol. The van der Waals surface area contributed by atoms with Crippen molar-refractivity contribution in [2.45, 2.75) is 51.6 Å². The van der Waals surface area contributed by atoms with Crippen LogP contribution in [-0.4, -0.2) is 17.1 Å². The molecule has 0 spiro atoms. The fraction of sp³-hybridized carbons (Fsp3) is 0.714. The van der Waals surface area contributed by atoms with E-state index in [1.54, 1.807) is 7.11 Å². The number of nitrogens with zero attached hydrogens (tertiary/aromatic N) is 1. The van der Waals surface area contributed by atoms with E-state index >= 15 is 0 Å². The predicted octanol–water partition coefficient (Wildman–Crippen LogP) is 4.52. The maximum absolute atomic E-state index is 5.78. The van der Waals surface area contributed by atoms with Crippen LogP contribution in [0.1, 0.15) is 51.0 Å². The number of methoxy groups -OCH3 is 1. The molecule has 1 N–H and O–H groups in total. The van der Waals surface area contributed by atoms with Gasteiger partial charge < -0.3 is 9.72 Å². The highest BCUT2D eigenvalue weighted by molar-refractivity contribution is 9.10. The van der Waals surface area contributed by atoms with Gasteiger partial charge in [0.2, 0.25) is 0 Å². The van der Waals surface area contributed by atoms with E-state index in [1.807, 2.05) is 0 Å². The summed E-state index contributed by atoms with van der Waals surface area (Å²) in [4.78, 5) is 8.02. The zero-order chi connectivity index (χ0) is 14.0. The molecule has 0 aliphatic heterocycles. The van der Waals surface area contributed by atoms with Crippen molar-refractivity contribution in [3.8, 4) is 0 Å². The van der Waals surface area contributed by atoms with Crippen molar-refractivity contribution in [2.24, 2.45) is 5.92 Å². The number of hydrogen-bond acceptors (Lipinski definition) is 3. The van der Waals surface area contributed by atoms with E-state index in [0.717, 1.165) is 35.3 Å². The molecular formula is C14H21BrN2OS. The molecule has 0 bridgehead atoms. The average Bonchev–Trinajstić information content (AvgIpc) is 2.84. The van der Waals surface area contributed by atoms with Crippen LogP contribution in [0.25, 0.3) is 0 Å². The summed E-state index contributed by atoms with van der Waals surface area (Å²) in [6.07, 6.45) is 5.37. The van der Waals surface area contributed by atoms with Crippen LogP contribution in [-0.2, 0) is 16.8 Å². The number of rotatable bonds is 4. The lowest BCUT2D eigenvalue weighted by atomic mass is 10.0. The molecule has 0 amide bonds. The number of aromatic nitrogens is 2. The third-order valence-corrected chi connectivity index (χ3v) is 5.19. The van der Waals surface area contributed by atoms with Crippen molar-refractivity contribution in [1.29, 1.82) is 0 Å². The first-order valence-corrected chi connectivity index (χ1v) is 8.03. The number of nitrogens with one attached hydrogen (secondary N) is 1. The zero-order valence-corrected chi connectivity index (χ0v) is 14.2. The molecular weight excluding hydrogens is 324 g/mol. The van der Waals surface area contributed by atoms with Crippen LogP contribution in [0.3, 0.4) is 0 Å². The molecule has 0 saturated heterocycles. The molecule has 1 heterocycles. The molecule has 1 aliphatic carbocycles. The van der Waals surface area contributed by atoms with Gasteiger partial charge in [-0.1, -0.05) is 26.1 Å². The third kappa shape index (κ3) is 3.09. The lowest BCUT2D eigenvalue weighted by molar-refractivity contribution is -0.0166. The largest absolute Gasteiger partial charge is 0.370 e. The Morgan fingerprint density at radius 3 is 2.58 bits per heavy atom. The summed E-state index contributed by atoms with van der Waals surface area (Å²) in [5, 5.41) is 0. The first kappa shape index (κ1) is 15.1. The standard InChI is InChI=1S/C14H21BrN2OS/c1-9(2)8-10-11(15)12(19)17-13(16-10)14(18-3)6-4-5-7-14/h9H,4-8H2,1-3H3,(H,16,17,19). The molecule has 0 aromatic carbocycles. The Bertz CT molecular complexity index is 507. The van der Waals surface area contributed by atoms with Crippen molar-refractivity contribution in [1.82, 2.24) is 9.97 Å². The van der Waals surface area contributed by atoms with Crippen LogP contribution in [0.15, 0.2) is 4.47 Å². The molecule has 106 valence electrons. The summed E-state index contributed by atoms with van der Waals surface area (Å²) in [6, 6.07) is 0. The summed E-state index contributed by atoms with van der Waals surface area (Å²) >= 11 is 8.93. The summed E-state index contributed by atoms with van der Waals surface area (Å²) in [7, 11) is 1.77. The number of ether oxygens (including phenoxy) is 1. The monoisotopic (exact) mass is 344 g/mol. The van der Waals surface area contributed by atoms with Crippen molar-refractivity contribution < 1.29 is 4.74 Å². The Balaban J connectivity index is 2.46. The quantitative estimate of drug-likeness (QED) is 0.816. The molecule has 1 fully saturated rings. The van der Waals surface area contributed by atoms with Crippen molar-refractivity contribution >= 4 is 28.1 Å². The first-order valence-electron chi connectivity index (χ1n) is 6.83. The highest BCUT2D eigenvalue weighted by Gasteiger charge is 2.38. The van der Waals surface area contributed by atoms with Gasteiger partial charge in [-0.15, -0.1) is 0 Å². The molecule has 0 atom stereocenters. The van der Waals surface area contributed by atoms with E-state index in [2.05, 4.69) is 39.7 Å². The van der Waals surface area contributed by atoms with Gasteiger partial charge in [0.25, 0.3) is 0 Å². The highest BCUT2D eigenvalue weighted by atomic mass is 79.9. The summed E-state index contributed by atoms with van der Waals surface area (Å²) in [5.41, 5.74) is 0.869. The smallest absolute Gasteiger partial charge is 0.144 e. The number of halogens is 1. The van der Waals surface area contributed by atoms with Gasteiger partial charge in [-0.25, -0.2) is 4.98 Å². The molecule has 1 aromatic heterocycles. The minimum atomic E-state index is -0.264. The maximum Gasteiger partial charge on any atom is 0.144 e. The Hall–Kier alpha value is -0.260. The van der Waals surface area contributed by atoms with E-state index in [-0.39, 0.29) is 5.60 Å². The Kier molecular flexibility index (Phi) is 4.79. The van der Waals surface area contributed by atoms with E-state index in [1.165, 1.54) is 12.8 Å². The molecule has 3 nitrogen and oxygen atoms in total. The van der Waals surface area contributed by atoms with Crippen LogP contribution in [0.5, 0.6) is 0 Å². The molecule has 19 heavy (non-hydrogen) atoms. The second-order valence-corrected chi connectivity index (χ2v) is 6.87. The van der Waals surface area contributed by atoms with Gasteiger partial charge >= 0.3 is 0 Å². The van der Waals surface area contributed by atoms with E-state index in [0.29, 0.717) is 10.6 Å². The highest BCUT2D eigenvalue weighted by Crippen LogP contribution is 2.40. The van der Waals surface area contributed by atoms with E-state index < -0.39 is 0 Å². The lowest BCUT2D eigenvalue weighted by Gasteiger charge is -2.27. The second-order valence-electron chi connectivity index (χ2n) is 5.69. The Morgan fingerprint density at radius 1 is 1.42 bits per heavy atom. The van der Waals surface area contributed by atoms with Crippen LogP contribution in [0, 0.1) is 10.6 Å². The van der Waals surface area contributed by atoms with E-state index in [9.17, 15) is 0 Å². The molecule has 1 aromatic rings. The minimum Gasteiger partial charge on any atom is -0.370 e. The molecule has 0 unspecified atom stereocenters. The summed E-state index contributed by atoms with van der Waals surface area (Å²) < 4.78 is 7.34. The Labute approximate surface area is 128 Å². The Morgan fingerprint density at radius 2 is 2.05 bits per heavy atom. The van der Waals surface area contributed by atoms with Gasteiger partial charge in [0.1, 0.15) is 16.1 Å². The molecule has 2 rings (SSSR count). The van der Waals surface area contributed by atoms with Crippen LogP contribution >= 0.6 is 28.1 Å². The van der Waals surface area contributed by atoms with Crippen molar-refractivity contribution in [2.75, 3.05) is 7.11 Å². The van der Waals surface area contributed by atoms with Gasteiger partial charge in [-0.2, -0.15) is 0 Å². The zero-order valence-electron chi connectivity index (χ0n) is 11.8. The normalized spacial score (nSPS) is 18.2. The third-order valence-electron chi connectivity index (χ3n) is 3.78.